The molecule has 92 valence electrons. The SMILES string of the molecule is Cc1cccc(-c2nc3cc(C#N)ccc3n2C)c1. The van der Waals surface area contributed by atoms with E-state index in [1.54, 1.807) is 0 Å². The molecule has 0 amide bonds. The van der Waals surface area contributed by atoms with Gasteiger partial charge in [0.2, 0.25) is 0 Å². The molecule has 3 nitrogen and oxygen atoms in total. The van der Waals surface area contributed by atoms with Crippen LogP contribution in [0.2, 0.25) is 0 Å². The monoisotopic (exact) mass is 247 g/mol. The van der Waals surface area contributed by atoms with Gasteiger partial charge in [-0.25, -0.2) is 4.98 Å². The molecule has 0 saturated carbocycles. The van der Waals surface area contributed by atoms with Crippen molar-refractivity contribution in [1.82, 2.24) is 9.55 Å². The number of nitriles is 1. The number of aryl methyl sites for hydroxylation is 2. The molecule has 3 aromatic rings. The molecular formula is C16H13N3. The summed E-state index contributed by atoms with van der Waals surface area (Å²) in [6, 6.07) is 16.0. The van der Waals surface area contributed by atoms with Crippen LogP contribution < -0.4 is 0 Å². The highest BCUT2D eigenvalue weighted by molar-refractivity contribution is 5.81. The summed E-state index contributed by atoms with van der Waals surface area (Å²) in [5.41, 5.74) is 4.84. The van der Waals surface area contributed by atoms with Gasteiger partial charge in [-0.15, -0.1) is 0 Å². The lowest BCUT2D eigenvalue weighted by Crippen LogP contribution is -1.92. The minimum Gasteiger partial charge on any atom is -0.327 e. The fourth-order valence-corrected chi connectivity index (χ4v) is 2.31. The second-order valence-electron chi connectivity index (χ2n) is 4.68. The Bertz CT molecular complexity index is 806. The van der Waals surface area contributed by atoms with Crippen molar-refractivity contribution >= 4 is 11.0 Å². The second-order valence-corrected chi connectivity index (χ2v) is 4.68. The summed E-state index contributed by atoms with van der Waals surface area (Å²) >= 11 is 0. The fourth-order valence-electron chi connectivity index (χ4n) is 2.31. The highest BCUT2D eigenvalue weighted by atomic mass is 15.1. The highest BCUT2D eigenvalue weighted by Crippen LogP contribution is 2.24. The van der Waals surface area contributed by atoms with Crippen molar-refractivity contribution < 1.29 is 0 Å². The van der Waals surface area contributed by atoms with Crippen LogP contribution in [0.1, 0.15) is 11.1 Å². The van der Waals surface area contributed by atoms with Crippen molar-refractivity contribution in [3.8, 4) is 17.5 Å². The molecule has 2 aromatic carbocycles. The van der Waals surface area contributed by atoms with Crippen LogP contribution in [0.25, 0.3) is 22.4 Å². The maximum atomic E-state index is 8.94. The van der Waals surface area contributed by atoms with Gasteiger partial charge in [0, 0.05) is 12.6 Å². The lowest BCUT2D eigenvalue weighted by Gasteiger charge is -2.03. The fraction of sp³-hybridized carbons (Fsp3) is 0.125. The number of rotatable bonds is 1. The molecule has 3 rings (SSSR count). The Balaban J connectivity index is 2.25. The Labute approximate surface area is 111 Å². The lowest BCUT2D eigenvalue weighted by molar-refractivity contribution is 0.959. The Kier molecular flexibility index (Phi) is 2.57. The zero-order valence-electron chi connectivity index (χ0n) is 10.9. The Morgan fingerprint density at radius 3 is 2.74 bits per heavy atom. The van der Waals surface area contributed by atoms with Crippen LogP contribution in [0.15, 0.2) is 42.5 Å². The first-order valence-corrected chi connectivity index (χ1v) is 6.12. The molecule has 0 spiro atoms. The normalized spacial score (nSPS) is 10.6. The molecule has 0 fully saturated rings. The van der Waals surface area contributed by atoms with Crippen LogP contribution in [0.4, 0.5) is 0 Å². The van der Waals surface area contributed by atoms with Gasteiger partial charge in [-0.3, -0.25) is 0 Å². The third kappa shape index (κ3) is 1.88. The van der Waals surface area contributed by atoms with E-state index in [0.717, 1.165) is 22.4 Å². The van der Waals surface area contributed by atoms with Crippen LogP contribution in [0.3, 0.4) is 0 Å². The van der Waals surface area contributed by atoms with Gasteiger partial charge in [0.05, 0.1) is 22.7 Å². The van der Waals surface area contributed by atoms with Crippen LogP contribution in [-0.2, 0) is 7.05 Å². The summed E-state index contributed by atoms with van der Waals surface area (Å²) in [6.45, 7) is 2.07. The van der Waals surface area contributed by atoms with Crippen molar-refractivity contribution in [2.24, 2.45) is 7.05 Å². The molecule has 3 heteroatoms. The zero-order valence-corrected chi connectivity index (χ0v) is 10.9. The van der Waals surface area contributed by atoms with E-state index in [2.05, 4.69) is 40.7 Å². The van der Waals surface area contributed by atoms with Crippen molar-refractivity contribution in [2.75, 3.05) is 0 Å². The molecule has 0 radical (unpaired) electrons. The van der Waals surface area contributed by atoms with Gasteiger partial charge in [0.25, 0.3) is 0 Å². The van der Waals surface area contributed by atoms with Crippen LogP contribution in [0, 0.1) is 18.3 Å². The number of imidazole rings is 1. The van der Waals surface area contributed by atoms with Gasteiger partial charge in [0.15, 0.2) is 0 Å². The molecule has 0 N–H and O–H groups in total. The second kappa shape index (κ2) is 4.25. The van der Waals surface area contributed by atoms with E-state index in [0.29, 0.717) is 5.56 Å². The molecule has 0 atom stereocenters. The van der Waals surface area contributed by atoms with E-state index >= 15 is 0 Å². The van der Waals surface area contributed by atoms with E-state index in [1.807, 2.05) is 31.3 Å². The molecule has 0 aliphatic rings. The summed E-state index contributed by atoms with van der Waals surface area (Å²) in [4.78, 5) is 4.64. The number of aromatic nitrogens is 2. The number of hydrogen-bond donors (Lipinski definition) is 0. The first kappa shape index (κ1) is 11.5. The van der Waals surface area contributed by atoms with Crippen LogP contribution in [0.5, 0.6) is 0 Å². The van der Waals surface area contributed by atoms with Crippen LogP contribution >= 0.6 is 0 Å². The summed E-state index contributed by atoms with van der Waals surface area (Å²) in [6.07, 6.45) is 0. The van der Waals surface area contributed by atoms with Crippen molar-refractivity contribution in [2.45, 2.75) is 6.92 Å². The lowest BCUT2D eigenvalue weighted by atomic mass is 10.1. The van der Waals surface area contributed by atoms with E-state index < -0.39 is 0 Å². The number of hydrogen-bond acceptors (Lipinski definition) is 2. The third-order valence-electron chi connectivity index (χ3n) is 3.29. The minimum atomic E-state index is 0.640. The predicted molar refractivity (Wildman–Crippen MR) is 75.6 cm³/mol. The van der Waals surface area contributed by atoms with Gasteiger partial charge in [-0.1, -0.05) is 23.8 Å². The maximum Gasteiger partial charge on any atom is 0.140 e. The largest absolute Gasteiger partial charge is 0.327 e. The average Bonchev–Trinajstić information content (AvgIpc) is 2.75. The molecule has 0 aliphatic carbocycles. The molecule has 0 saturated heterocycles. The Hall–Kier alpha value is -2.60. The first-order chi connectivity index (χ1) is 9.19. The summed E-state index contributed by atoms with van der Waals surface area (Å²) in [5, 5.41) is 8.94. The number of fused-ring (bicyclic) bond motifs is 1. The van der Waals surface area contributed by atoms with Gasteiger partial charge < -0.3 is 4.57 Å². The average molecular weight is 247 g/mol. The minimum absolute atomic E-state index is 0.640. The van der Waals surface area contributed by atoms with E-state index in [9.17, 15) is 0 Å². The predicted octanol–water partition coefficient (Wildman–Crippen LogP) is 3.42. The Morgan fingerprint density at radius 1 is 1.16 bits per heavy atom. The van der Waals surface area contributed by atoms with Gasteiger partial charge in [-0.2, -0.15) is 5.26 Å². The van der Waals surface area contributed by atoms with Crippen molar-refractivity contribution in [1.29, 1.82) is 5.26 Å². The molecular weight excluding hydrogens is 234 g/mol. The Morgan fingerprint density at radius 2 is 2.00 bits per heavy atom. The molecule has 1 aromatic heterocycles. The maximum absolute atomic E-state index is 8.94. The van der Waals surface area contributed by atoms with Gasteiger partial charge in [0.1, 0.15) is 5.82 Å². The van der Waals surface area contributed by atoms with Crippen LogP contribution in [-0.4, -0.2) is 9.55 Å². The topological polar surface area (TPSA) is 41.6 Å². The van der Waals surface area contributed by atoms with E-state index in [1.165, 1.54) is 5.56 Å². The summed E-state index contributed by atoms with van der Waals surface area (Å²) in [7, 11) is 2.00. The van der Waals surface area contributed by atoms with Gasteiger partial charge >= 0.3 is 0 Å². The van der Waals surface area contributed by atoms with Crippen molar-refractivity contribution in [3.63, 3.8) is 0 Å². The smallest absolute Gasteiger partial charge is 0.140 e. The standard InChI is InChI=1S/C16H13N3/c1-11-4-3-5-13(8-11)16-18-14-9-12(10-17)6-7-15(14)19(16)2/h3-9H,1-2H3. The van der Waals surface area contributed by atoms with E-state index in [-0.39, 0.29) is 0 Å². The quantitative estimate of drug-likeness (QED) is 0.661. The van der Waals surface area contributed by atoms with E-state index in [4.69, 9.17) is 5.26 Å². The first-order valence-electron chi connectivity index (χ1n) is 6.12. The molecule has 1 heterocycles. The molecule has 19 heavy (non-hydrogen) atoms. The highest BCUT2D eigenvalue weighted by Gasteiger charge is 2.10. The molecule has 0 unspecified atom stereocenters. The van der Waals surface area contributed by atoms with Crippen molar-refractivity contribution in [3.05, 3.63) is 53.6 Å². The molecule has 0 aliphatic heterocycles. The summed E-state index contributed by atoms with van der Waals surface area (Å²) < 4.78 is 2.06. The third-order valence-corrected chi connectivity index (χ3v) is 3.29. The summed E-state index contributed by atoms with van der Waals surface area (Å²) in [5.74, 6) is 0.925. The zero-order chi connectivity index (χ0) is 13.4. The van der Waals surface area contributed by atoms with Gasteiger partial charge in [-0.05, 0) is 31.2 Å². The number of benzene rings is 2. The molecule has 0 bridgehead atoms. The number of nitrogens with zero attached hydrogens (tertiary/aromatic N) is 3.